The van der Waals surface area contributed by atoms with Gasteiger partial charge in [-0.3, -0.25) is 14.2 Å². The van der Waals surface area contributed by atoms with Crippen LogP contribution in [0.25, 0.3) is 10.9 Å². The molecule has 0 aliphatic rings. The SMILES string of the molecule is CCCCCCn1c(SCc2csc(CC(=O)Nc3ccccc3)n2)nc2ccccc2c1=O. The van der Waals surface area contributed by atoms with E-state index >= 15 is 0 Å². The first-order valence-electron chi connectivity index (χ1n) is 11.5. The van der Waals surface area contributed by atoms with E-state index in [-0.39, 0.29) is 17.9 Å². The standard InChI is InChI=1S/C26H28N4O2S2/c1-2-3-4-10-15-30-25(32)21-13-8-9-14-22(21)29-26(30)34-18-20-17-33-24(28-20)16-23(31)27-19-11-6-5-7-12-19/h5-9,11-14,17H,2-4,10,15-16,18H2,1H3,(H,27,31). The summed E-state index contributed by atoms with van der Waals surface area (Å²) in [7, 11) is 0. The van der Waals surface area contributed by atoms with Crippen molar-refractivity contribution in [3.05, 3.63) is 81.0 Å². The van der Waals surface area contributed by atoms with Crippen molar-refractivity contribution in [3.8, 4) is 0 Å². The highest BCUT2D eigenvalue weighted by Crippen LogP contribution is 2.24. The van der Waals surface area contributed by atoms with Crippen LogP contribution in [0.15, 0.2) is 69.9 Å². The lowest BCUT2D eigenvalue weighted by atomic mass is 10.2. The second kappa shape index (κ2) is 11.9. The molecule has 1 amide bonds. The Morgan fingerprint density at radius 3 is 2.65 bits per heavy atom. The third kappa shape index (κ3) is 6.33. The summed E-state index contributed by atoms with van der Waals surface area (Å²) >= 11 is 3.00. The second-order valence-electron chi connectivity index (χ2n) is 8.04. The summed E-state index contributed by atoms with van der Waals surface area (Å²) in [5, 5.41) is 7.01. The Labute approximate surface area is 207 Å². The highest BCUT2D eigenvalue weighted by Gasteiger charge is 2.13. The smallest absolute Gasteiger partial charge is 0.262 e. The van der Waals surface area contributed by atoms with Crippen molar-refractivity contribution in [2.24, 2.45) is 0 Å². The molecule has 0 aliphatic carbocycles. The average Bonchev–Trinajstić information content (AvgIpc) is 3.29. The van der Waals surface area contributed by atoms with Crippen LogP contribution in [-0.2, 0) is 23.5 Å². The Balaban J connectivity index is 1.44. The van der Waals surface area contributed by atoms with Gasteiger partial charge in [-0.25, -0.2) is 9.97 Å². The van der Waals surface area contributed by atoms with Gasteiger partial charge < -0.3 is 5.32 Å². The zero-order valence-electron chi connectivity index (χ0n) is 19.2. The molecule has 2 heterocycles. The van der Waals surface area contributed by atoms with Crippen LogP contribution < -0.4 is 10.9 Å². The van der Waals surface area contributed by atoms with Gasteiger partial charge >= 0.3 is 0 Å². The van der Waals surface area contributed by atoms with Crippen LogP contribution in [0.2, 0.25) is 0 Å². The molecule has 34 heavy (non-hydrogen) atoms. The van der Waals surface area contributed by atoms with Crippen LogP contribution in [0, 0.1) is 0 Å². The van der Waals surface area contributed by atoms with E-state index in [1.54, 1.807) is 0 Å². The van der Waals surface area contributed by atoms with E-state index in [2.05, 4.69) is 17.2 Å². The fraction of sp³-hybridized carbons (Fsp3) is 0.308. The van der Waals surface area contributed by atoms with Gasteiger partial charge in [0.2, 0.25) is 5.91 Å². The van der Waals surface area contributed by atoms with Gasteiger partial charge in [0.05, 0.1) is 23.0 Å². The van der Waals surface area contributed by atoms with Crippen LogP contribution in [0.1, 0.15) is 43.3 Å². The Hall–Kier alpha value is -2.97. The molecule has 0 saturated carbocycles. The third-order valence-corrected chi connectivity index (χ3v) is 7.29. The van der Waals surface area contributed by atoms with Gasteiger partial charge in [0.25, 0.3) is 5.56 Å². The summed E-state index contributed by atoms with van der Waals surface area (Å²) in [6.07, 6.45) is 4.61. The number of para-hydroxylation sites is 2. The van der Waals surface area contributed by atoms with E-state index in [1.165, 1.54) is 23.1 Å². The number of rotatable bonds is 11. The molecule has 6 nitrogen and oxygen atoms in total. The maximum Gasteiger partial charge on any atom is 0.262 e. The second-order valence-corrected chi connectivity index (χ2v) is 9.93. The largest absolute Gasteiger partial charge is 0.326 e. The molecule has 176 valence electrons. The van der Waals surface area contributed by atoms with E-state index in [0.29, 0.717) is 17.7 Å². The molecule has 0 radical (unpaired) electrons. The molecule has 0 unspecified atom stereocenters. The number of amides is 1. The van der Waals surface area contributed by atoms with E-state index in [4.69, 9.17) is 4.98 Å². The number of anilines is 1. The predicted octanol–water partition coefficient (Wildman–Crippen LogP) is 5.91. The summed E-state index contributed by atoms with van der Waals surface area (Å²) in [4.78, 5) is 34.9. The van der Waals surface area contributed by atoms with Crippen LogP contribution in [0.3, 0.4) is 0 Å². The molecule has 2 aromatic heterocycles. The normalized spacial score (nSPS) is 11.1. The first kappa shape index (κ1) is 24.2. The summed E-state index contributed by atoms with van der Waals surface area (Å²) in [5.41, 5.74) is 2.40. The zero-order valence-corrected chi connectivity index (χ0v) is 20.8. The number of hydrogen-bond donors (Lipinski definition) is 1. The molecule has 4 rings (SSSR count). The average molecular weight is 493 g/mol. The first-order chi connectivity index (χ1) is 16.6. The van der Waals surface area contributed by atoms with E-state index in [9.17, 15) is 9.59 Å². The van der Waals surface area contributed by atoms with Gasteiger partial charge in [-0.2, -0.15) is 0 Å². The lowest BCUT2D eigenvalue weighted by Crippen LogP contribution is -2.23. The van der Waals surface area contributed by atoms with Crippen molar-refractivity contribution in [3.63, 3.8) is 0 Å². The lowest BCUT2D eigenvalue weighted by molar-refractivity contribution is -0.115. The molecular weight excluding hydrogens is 464 g/mol. The highest BCUT2D eigenvalue weighted by atomic mass is 32.2. The number of carbonyl (C=O) groups excluding carboxylic acids is 1. The molecule has 8 heteroatoms. The summed E-state index contributed by atoms with van der Waals surface area (Å²) < 4.78 is 1.81. The molecule has 0 atom stereocenters. The molecule has 4 aromatic rings. The number of aromatic nitrogens is 3. The molecule has 2 aromatic carbocycles. The van der Waals surface area contributed by atoms with E-state index < -0.39 is 0 Å². The summed E-state index contributed by atoms with van der Waals surface area (Å²) in [6.45, 7) is 2.85. The van der Waals surface area contributed by atoms with Gasteiger partial charge in [-0.1, -0.05) is 68.3 Å². The van der Waals surface area contributed by atoms with Gasteiger partial charge in [0, 0.05) is 23.4 Å². The van der Waals surface area contributed by atoms with Crippen molar-refractivity contribution in [1.82, 2.24) is 14.5 Å². The van der Waals surface area contributed by atoms with Crippen molar-refractivity contribution >= 4 is 45.6 Å². The summed E-state index contributed by atoms with van der Waals surface area (Å²) in [6, 6.07) is 16.9. The lowest BCUT2D eigenvalue weighted by Gasteiger charge is -2.12. The van der Waals surface area contributed by atoms with E-state index in [0.717, 1.165) is 52.7 Å². The number of unbranched alkanes of at least 4 members (excludes halogenated alkanes) is 3. The fourth-order valence-electron chi connectivity index (χ4n) is 3.65. The zero-order chi connectivity index (χ0) is 23.8. The van der Waals surface area contributed by atoms with Crippen LogP contribution in [0.4, 0.5) is 5.69 Å². The number of hydrogen-bond acceptors (Lipinski definition) is 6. The summed E-state index contributed by atoms with van der Waals surface area (Å²) in [5.74, 6) is 0.508. The minimum absolute atomic E-state index is 0.0150. The van der Waals surface area contributed by atoms with Crippen molar-refractivity contribution in [2.75, 3.05) is 5.32 Å². The first-order valence-corrected chi connectivity index (χ1v) is 13.4. The van der Waals surface area contributed by atoms with Crippen molar-refractivity contribution in [2.45, 2.75) is 56.5 Å². The van der Waals surface area contributed by atoms with Crippen molar-refractivity contribution in [1.29, 1.82) is 0 Å². The number of nitrogens with one attached hydrogen (secondary N) is 1. The maximum absolute atomic E-state index is 13.2. The Morgan fingerprint density at radius 1 is 1.03 bits per heavy atom. The molecule has 0 bridgehead atoms. The minimum Gasteiger partial charge on any atom is -0.326 e. The highest BCUT2D eigenvalue weighted by molar-refractivity contribution is 7.98. The van der Waals surface area contributed by atoms with Gasteiger partial charge in [-0.15, -0.1) is 11.3 Å². The Bertz CT molecular complexity index is 1300. The number of carbonyl (C=O) groups is 1. The molecule has 0 spiro atoms. The number of fused-ring (bicyclic) bond motifs is 1. The Kier molecular flexibility index (Phi) is 8.49. The van der Waals surface area contributed by atoms with Crippen LogP contribution >= 0.6 is 23.1 Å². The topological polar surface area (TPSA) is 76.9 Å². The molecule has 1 N–H and O–H groups in total. The number of benzene rings is 2. The van der Waals surface area contributed by atoms with Crippen LogP contribution in [-0.4, -0.2) is 20.4 Å². The third-order valence-electron chi connectivity index (χ3n) is 5.38. The van der Waals surface area contributed by atoms with Gasteiger partial charge in [-0.05, 0) is 30.7 Å². The molecule has 0 aliphatic heterocycles. The maximum atomic E-state index is 13.2. The quantitative estimate of drug-likeness (QED) is 0.160. The number of thiazole rings is 1. The fourth-order valence-corrected chi connectivity index (χ4v) is 5.47. The molecule has 0 saturated heterocycles. The van der Waals surface area contributed by atoms with Gasteiger partial charge in [0.15, 0.2) is 5.16 Å². The number of nitrogens with zero attached hydrogens (tertiary/aromatic N) is 3. The monoisotopic (exact) mass is 492 g/mol. The number of thioether (sulfide) groups is 1. The minimum atomic E-state index is -0.0862. The van der Waals surface area contributed by atoms with Gasteiger partial charge in [0.1, 0.15) is 5.01 Å². The Morgan fingerprint density at radius 2 is 1.82 bits per heavy atom. The molecular formula is C26H28N4O2S2. The van der Waals surface area contributed by atoms with E-state index in [1.807, 2.05) is 64.5 Å². The van der Waals surface area contributed by atoms with Crippen LogP contribution in [0.5, 0.6) is 0 Å². The van der Waals surface area contributed by atoms with Crippen molar-refractivity contribution < 1.29 is 4.79 Å². The predicted molar refractivity (Wildman–Crippen MR) is 141 cm³/mol. The molecule has 0 fully saturated rings.